The summed E-state index contributed by atoms with van der Waals surface area (Å²) < 4.78 is 13.6. The molecule has 2 aromatic rings. The topological polar surface area (TPSA) is 61.4 Å². The zero-order valence-corrected chi connectivity index (χ0v) is 13.3. The van der Waals surface area contributed by atoms with Crippen molar-refractivity contribution in [3.8, 4) is 0 Å². The van der Waals surface area contributed by atoms with Crippen LogP contribution in [0.4, 0.5) is 9.18 Å². The van der Waals surface area contributed by atoms with E-state index in [9.17, 15) is 14.3 Å². The van der Waals surface area contributed by atoms with E-state index in [1.54, 1.807) is 12.1 Å². The van der Waals surface area contributed by atoms with E-state index in [1.165, 1.54) is 12.1 Å². The predicted molar refractivity (Wildman–Crippen MR) is 89.8 cm³/mol. The molecule has 24 heavy (non-hydrogen) atoms. The lowest BCUT2D eigenvalue weighted by atomic mass is 10.0. The third-order valence-electron chi connectivity index (χ3n) is 4.26. The van der Waals surface area contributed by atoms with Crippen LogP contribution >= 0.6 is 0 Å². The third-order valence-corrected chi connectivity index (χ3v) is 4.26. The van der Waals surface area contributed by atoms with Gasteiger partial charge in [-0.3, -0.25) is 0 Å². The van der Waals surface area contributed by atoms with Crippen LogP contribution in [0.2, 0.25) is 0 Å². The van der Waals surface area contributed by atoms with Crippen molar-refractivity contribution in [2.75, 3.05) is 6.54 Å². The van der Waals surface area contributed by atoms with E-state index in [1.807, 2.05) is 30.3 Å². The summed E-state index contributed by atoms with van der Waals surface area (Å²) in [7, 11) is 0. The predicted octanol–water partition coefficient (Wildman–Crippen LogP) is 3.31. The van der Waals surface area contributed by atoms with Gasteiger partial charge in [-0.15, -0.1) is 0 Å². The Morgan fingerprint density at radius 2 is 1.79 bits per heavy atom. The van der Waals surface area contributed by atoms with Crippen molar-refractivity contribution >= 4 is 6.03 Å². The van der Waals surface area contributed by atoms with Crippen LogP contribution in [0.3, 0.4) is 0 Å². The van der Waals surface area contributed by atoms with Gasteiger partial charge in [0, 0.05) is 12.1 Å². The molecule has 0 bridgehead atoms. The Kier molecular flexibility index (Phi) is 5.11. The number of benzene rings is 2. The van der Waals surface area contributed by atoms with Crippen molar-refractivity contribution in [2.24, 2.45) is 5.92 Å². The first-order valence-corrected chi connectivity index (χ1v) is 8.17. The molecule has 0 radical (unpaired) electrons. The lowest BCUT2D eigenvalue weighted by Gasteiger charge is -2.20. The number of aliphatic hydroxyl groups is 1. The average molecular weight is 328 g/mol. The molecular weight excluding hydrogens is 307 g/mol. The van der Waals surface area contributed by atoms with Crippen LogP contribution in [0, 0.1) is 11.7 Å². The van der Waals surface area contributed by atoms with Crippen molar-refractivity contribution in [3.63, 3.8) is 0 Å². The quantitative estimate of drug-likeness (QED) is 0.762. The van der Waals surface area contributed by atoms with Gasteiger partial charge >= 0.3 is 6.03 Å². The molecule has 2 atom stereocenters. The Morgan fingerprint density at radius 3 is 2.46 bits per heavy atom. The Labute approximate surface area is 140 Å². The summed E-state index contributed by atoms with van der Waals surface area (Å²) in [6, 6.07) is 15.5. The molecule has 2 unspecified atom stereocenters. The Morgan fingerprint density at radius 1 is 1.12 bits per heavy atom. The standard InChI is InChI=1S/C19H21FN2O2/c20-16-9-5-4-8-15(16)17(23)12-21-19(24)22-18(14-10-11-14)13-6-2-1-3-7-13/h1-9,14,17-18,23H,10-12H2,(H2,21,22,24). The number of hydrogen-bond acceptors (Lipinski definition) is 2. The fourth-order valence-electron chi connectivity index (χ4n) is 2.80. The molecule has 0 saturated heterocycles. The molecular formula is C19H21FN2O2. The maximum atomic E-state index is 13.6. The van der Waals surface area contributed by atoms with Crippen molar-refractivity contribution in [3.05, 3.63) is 71.5 Å². The maximum absolute atomic E-state index is 13.6. The molecule has 2 aromatic carbocycles. The molecule has 4 nitrogen and oxygen atoms in total. The Bertz CT molecular complexity index is 689. The molecule has 3 rings (SSSR count). The number of halogens is 1. The molecule has 1 fully saturated rings. The molecule has 1 saturated carbocycles. The SMILES string of the molecule is O=C(NCC(O)c1ccccc1F)NC(c1ccccc1)C1CC1. The molecule has 0 spiro atoms. The smallest absolute Gasteiger partial charge is 0.315 e. The molecule has 0 aromatic heterocycles. The largest absolute Gasteiger partial charge is 0.386 e. The molecule has 1 aliphatic rings. The monoisotopic (exact) mass is 328 g/mol. The molecule has 0 aliphatic heterocycles. The zero-order valence-electron chi connectivity index (χ0n) is 13.3. The van der Waals surface area contributed by atoms with Gasteiger partial charge in [-0.05, 0) is 30.4 Å². The highest BCUT2D eigenvalue weighted by atomic mass is 19.1. The lowest BCUT2D eigenvalue weighted by molar-refractivity contribution is 0.168. The fraction of sp³-hybridized carbons (Fsp3) is 0.316. The number of rotatable bonds is 6. The van der Waals surface area contributed by atoms with Crippen LogP contribution in [0.1, 0.15) is 36.1 Å². The first-order valence-electron chi connectivity index (χ1n) is 8.17. The van der Waals surface area contributed by atoms with Crippen molar-refractivity contribution in [1.29, 1.82) is 0 Å². The summed E-state index contributed by atoms with van der Waals surface area (Å²) in [5.74, 6) is -0.0259. The summed E-state index contributed by atoms with van der Waals surface area (Å²) in [4.78, 5) is 12.2. The maximum Gasteiger partial charge on any atom is 0.315 e. The van der Waals surface area contributed by atoms with Gasteiger partial charge in [-0.1, -0.05) is 48.5 Å². The highest BCUT2D eigenvalue weighted by Gasteiger charge is 2.33. The summed E-state index contributed by atoms with van der Waals surface area (Å²) in [6.45, 7) is -0.0427. The molecule has 5 heteroatoms. The van der Waals surface area contributed by atoms with Crippen LogP contribution in [-0.2, 0) is 0 Å². The number of carbonyl (C=O) groups is 1. The normalized spacial score (nSPS) is 16.2. The minimum atomic E-state index is -1.08. The van der Waals surface area contributed by atoms with Gasteiger partial charge < -0.3 is 15.7 Å². The van der Waals surface area contributed by atoms with Gasteiger partial charge in [0.05, 0.1) is 12.1 Å². The van der Waals surface area contributed by atoms with Gasteiger partial charge in [-0.25, -0.2) is 9.18 Å². The number of carbonyl (C=O) groups excluding carboxylic acids is 1. The summed E-state index contributed by atoms with van der Waals surface area (Å²) in [5.41, 5.74) is 1.25. The Balaban J connectivity index is 1.56. The van der Waals surface area contributed by atoms with E-state index in [-0.39, 0.29) is 24.2 Å². The molecule has 2 amide bonds. The Hall–Kier alpha value is -2.40. The first kappa shape index (κ1) is 16.5. The van der Waals surface area contributed by atoms with Gasteiger partial charge in [0.1, 0.15) is 5.82 Å². The minimum Gasteiger partial charge on any atom is -0.386 e. The van der Waals surface area contributed by atoms with Crippen LogP contribution < -0.4 is 10.6 Å². The minimum absolute atomic E-state index is 0.0307. The average Bonchev–Trinajstić information content (AvgIpc) is 3.43. The van der Waals surface area contributed by atoms with E-state index in [0.717, 1.165) is 18.4 Å². The van der Waals surface area contributed by atoms with E-state index in [2.05, 4.69) is 10.6 Å². The number of nitrogens with one attached hydrogen (secondary N) is 2. The lowest BCUT2D eigenvalue weighted by Crippen LogP contribution is -2.40. The molecule has 0 heterocycles. The zero-order chi connectivity index (χ0) is 16.9. The second-order valence-electron chi connectivity index (χ2n) is 6.12. The second-order valence-corrected chi connectivity index (χ2v) is 6.12. The van der Waals surface area contributed by atoms with Crippen LogP contribution in [-0.4, -0.2) is 17.7 Å². The van der Waals surface area contributed by atoms with Crippen LogP contribution in [0.25, 0.3) is 0 Å². The highest BCUT2D eigenvalue weighted by Crippen LogP contribution is 2.40. The van der Waals surface area contributed by atoms with Gasteiger partial charge in [0.25, 0.3) is 0 Å². The van der Waals surface area contributed by atoms with Crippen molar-refractivity contribution in [2.45, 2.75) is 25.0 Å². The number of urea groups is 1. The number of aliphatic hydroxyl groups excluding tert-OH is 1. The number of hydrogen-bond donors (Lipinski definition) is 3. The number of amides is 2. The van der Waals surface area contributed by atoms with Crippen molar-refractivity contribution in [1.82, 2.24) is 10.6 Å². The van der Waals surface area contributed by atoms with Gasteiger partial charge in [0.15, 0.2) is 0 Å². The summed E-state index contributed by atoms with van der Waals surface area (Å²) in [6.07, 6.45) is 1.11. The molecule has 3 N–H and O–H groups in total. The van der Waals surface area contributed by atoms with E-state index >= 15 is 0 Å². The van der Waals surface area contributed by atoms with Gasteiger partial charge in [-0.2, -0.15) is 0 Å². The van der Waals surface area contributed by atoms with E-state index < -0.39 is 11.9 Å². The van der Waals surface area contributed by atoms with E-state index in [4.69, 9.17) is 0 Å². The molecule has 126 valence electrons. The fourth-order valence-corrected chi connectivity index (χ4v) is 2.80. The van der Waals surface area contributed by atoms with Crippen molar-refractivity contribution < 1.29 is 14.3 Å². The van der Waals surface area contributed by atoms with Crippen LogP contribution in [0.5, 0.6) is 0 Å². The second kappa shape index (κ2) is 7.45. The van der Waals surface area contributed by atoms with E-state index in [0.29, 0.717) is 5.92 Å². The first-order chi connectivity index (χ1) is 11.6. The summed E-state index contributed by atoms with van der Waals surface area (Å²) >= 11 is 0. The van der Waals surface area contributed by atoms with Crippen LogP contribution in [0.15, 0.2) is 54.6 Å². The van der Waals surface area contributed by atoms with Gasteiger partial charge in [0.2, 0.25) is 0 Å². The molecule has 1 aliphatic carbocycles. The summed E-state index contributed by atoms with van der Waals surface area (Å²) in [5, 5.41) is 15.6. The highest BCUT2D eigenvalue weighted by molar-refractivity contribution is 5.74. The third kappa shape index (κ3) is 4.11.